The average Bonchev–Trinajstić information content (AvgIpc) is 2.50. The highest BCUT2D eigenvalue weighted by atomic mass is 16.5. The second kappa shape index (κ2) is 7.57. The van der Waals surface area contributed by atoms with Crippen molar-refractivity contribution < 1.29 is 24.2 Å². The first-order valence-electron chi connectivity index (χ1n) is 7.41. The molecule has 1 amide bonds. The molecule has 1 rings (SSSR count). The van der Waals surface area contributed by atoms with Gasteiger partial charge in [-0.05, 0) is 39.8 Å². The quantitative estimate of drug-likeness (QED) is 0.776. The van der Waals surface area contributed by atoms with Gasteiger partial charge >= 0.3 is 5.97 Å². The Labute approximate surface area is 136 Å². The number of esters is 1. The maximum absolute atomic E-state index is 12.4. The number of aliphatic hydroxyl groups excluding tert-OH is 1. The number of methoxy groups -OCH3 is 1. The van der Waals surface area contributed by atoms with E-state index in [0.29, 0.717) is 5.56 Å². The molecule has 6 nitrogen and oxygen atoms in total. The molecule has 0 radical (unpaired) electrons. The smallest absolute Gasteiger partial charge is 0.336 e. The first kappa shape index (κ1) is 19.1. The molecule has 0 aromatic heterocycles. The number of benzene rings is 1. The monoisotopic (exact) mass is 323 g/mol. The van der Waals surface area contributed by atoms with Crippen molar-refractivity contribution in [2.75, 3.05) is 13.7 Å². The van der Waals surface area contributed by atoms with Crippen LogP contribution in [0.4, 0.5) is 0 Å². The number of hydrogen-bond acceptors (Lipinski definition) is 5. The summed E-state index contributed by atoms with van der Waals surface area (Å²) in [6.45, 7) is 6.44. The summed E-state index contributed by atoms with van der Waals surface area (Å²) in [6, 6.07) is 8.43. The number of rotatable bonds is 6. The highest BCUT2D eigenvalue weighted by Gasteiger charge is 2.48. The van der Waals surface area contributed by atoms with Crippen molar-refractivity contribution in [3.05, 3.63) is 35.9 Å². The molecule has 1 aromatic carbocycles. The van der Waals surface area contributed by atoms with Gasteiger partial charge in [0.1, 0.15) is 0 Å². The second-order valence-corrected chi connectivity index (χ2v) is 6.31. The predicted molar refractivity (Wildman–Crippen MR) is 86.0 cm³/mol. The third kappa shape index (κ3) is 4.77. The highest BCUT2D eigenvalue weighted by molar-refractivity contribution is 5.98. The lowest BCUT2D eigenvalue weighted by Crippen LogP contribution is -2.65. The molecule has 0 unspecified atom stereocenters. The molecule has 23 heavy (non-hydrogen) atoms. The Kier molecular flexibility index (Phi) is 6.29. The van der Waals surface area contributed by atoms with Gasteiger partial charge in [-0.2, -0.15) is 0 Å². The van der Waals surface area contributed by atoms with E-state index in [-0.39, 0.29) is 0 Å². The summed E-state index contributed by atoms with van der Waals surface area (Å²) in [6.07, 6.45) is -0.799. The third-order valence-corrected chi connectivity index (χ3v) is 3.40. The molecule has 2 N–H and O–H groups in total. The van der Waals surface area contributed by atoms with Crippen LogP contribution in [-0.2, 0) is 14.3 Å². The van der Waals surface area contributed by atoms with Gasteiger partial charge < -0.3 is 19.9 Å². The zero-order valence-electron chi connectivity index (χ0n) is 14.3. The summed E-state index contributed by atoms with van der Waals surface area (Å²) in [5, 5.41) is 12.4. The van der Waals surface area contributed by atoms with Crippen LogP contribution in [0.2, 0.25) is 0 Å². The summed E-state index contributed by atoms with van der Waals surface area (Å²) in [5.41, 5.74) is -1.88. The molecule has 6 heteroatoms. The Balaban J connectivity index is 3.14. The Hall–Kier alpha value is -1.92. The minimum atomic E-state index is -1.69. The molecule has 0 saturated carbocycles. The standard InChI is InChI=1S/C17H25NO5/c1-12(23-16(2,3)4)17(11-19,15(21)22-5)18-14(20)13-9-7-6-8-10-13/h6-10,12,19H,11H2,1-5H3,(H,18,20)/t12-,17+/m1/s1. The Morgan fingerprint density at radius 1 is 1.22 bits per heavy atom. The van der Waals surface area contributed by atoms with Gasteiger partial charge in [0.25, 0.3) is 5.91 Å². The third-order valence-electron chi connectivity index (χ3n) is 3.40. The summed E-state index contributed by atoms with van der Waals surface area (Å²) in [4.78, 5) is 24.7. The van der Waals surface area contributed by atoms with Crippen molar-refractivity contribution in [2.45, 2.75) is 44.9 Å². The van der Waals surface area contributed by atoms with Crippen molar-refractivity contribution in [3.63, 3.8) is 0 Å². The molecule has 2 atom stereocenters. The number of carbonyl (C=O) groups excluding carboxylic acids is 2. The average molecular weight is 323 g/mol. The number of amides is 1. The Morgan fingerprint density at radius 2 is 1.78 bits per heavy atom. The van der Waals surface area contributed by atoms with Gasteiger partial charge in [0, 0.05) is 5.56 Å². The van der Waals surface area contributed by atoms with Crippen molar-refractivity contribution in [1.29, 1.82) is 0 Å². The summed E-state index contributed by atoms with van der Waals surface area (Å²) < 4.78 is 10.6. The van der Waals surface area contributed by atoms with Gasteiger partial charge in [-0.15, -0.1) is 0 Å². The van der Waals surface area contributed by atoms with E-state index in [2.05, 4.69) is 5.32 Å². The topological polar surface area (TPSA) is 84.9 Å². The fourth-order valence-electron chi connectivity index (χ4n) is 2.23. The van der Waals surface area contributed by atoms with Crippen LogP contribution in [0, 0.1) is 0 Å². The Bertz CT molecular complexity index is 538. The number of carbonyl (C=O) groups is 2. The van der Waals surface area contributed by atoms with E-state index < -0.39 is 35.7 Å². The maximum Gasteiger partial charge on any atom is 0.336 e. The van der Waals surface area contributed by atoms with Crippen LogP contribution in [0.15, 0.2) is 30.3 Å². The molecule has 0 aliphatic heterocycles. The molecule has 0 saturated heterocycles. The van der Waals surface area contributed by atoms with Crippen molar-refractivity contribution in [3.8, 4) is 0 Å². The lowest BCUT2D eigenvalue weighted by molar-refractivity contribution is -0.165. The van der Waals surface area contributed by atoms with Crippen LogP contribution in [0.1, 0.15) is 38.1 Å². The molecule has 128 valence electrons. The molecule has 1 aromatic rings. The fourth-order valence-corrected chi connectivity index (χ4v) is 2.23. The van der Waals surface area contributed by atoms with Crippen LogP contribution in [0.5, 0.6) is 0 Å². The SMILES string of the molecule is COC(=O)[C@@](CO)(NC(=O)c1ccccc1)[C@@H](C)OC(C)(C)C. The van der Waals surface area contributed by atoms with Gasteiger partial charge in [-0.3, -0.25) is 4.79 Å². The van der Waals surface area contributed by atoms with E-state index >= 15 is 0 Å². The van der Waals surface area contributed by atoms with E-state index in [1.54, 1.807) is 37.3 Å². The first-order valence-corrected chi connectivity index (χ1v) is 7.41. The molecular weight excluding hydrogens is 298 g/mol. The van der Waals surface area contributed by atoms with Crippen LogP contribution < -0.4 is 5.32 Å². The van der Waals surface area contributed by atoms with E-state index in [0.717, 1.165) is 0 Å². The zero-order chi connectivity index (χ0) is 17.7. The lowest BCUT2D eigenvalue weighted by atomic mass is 9.92. The normalized spacial score (nSPS) is 15.4. The van der Waals surface area contributed by atoms with Gasteiger partial charge in [0.15, 0.2) is 5.54 Å². The number of ether oxygens (including phenoxy) is 2. The van der Waals surface area contributed by atoms with E-state index in [1.165, 1.54) is 7.11 Å². The molecule has 0 bridgehead atoms. The number of aliphatic hydroxyl groups is 1. The van der Waals surface area contributed by atoms with Gasteiger partial charge in [-0.25, -0.2) is 4.79 Å². The largest absolute Gasteiger partial charge is 0.467 e. The van der Waals surface area contributed by atoms with Crippen molar-refractivity contribution in [2.24, 2.45) is 0 Å². The second-order valence-electron chi connectivity index (χ2n) is 6.31. The fraction of sp³-hybridized carbons (Fsp3) is 0.529. The molecule has 0 aliphatic carbocycles. The molecule has 0 fully saturated rings. The van der Waals surface area contributed by atoms with Gasteiger partial charge in [0.2, 0.25) is 0 Å². The molecular formula is C17H25NO5. The number of nitrogens with one attached hydrogen (secondary N) is 1. The van der Waals surface area contributed by atoms with Crippen LogP contribution in [0.25, 0.3) is 0 Å². The van der Waals surface area contributed by atoms with Crippen molar-refractivity contribution >= 4 is 11.9 Å². The Morgan fingerprint density at radius 3 is 2.22 bits per heavy atom. The number of hydrogen-bond donors (Lipinski definition) is 2. The molecule has 0 heterocycles. The molecule has 0 aliphatic rings. The predicted octanol–water partition coefficient (Wildman–Crippen LogP) is 1.52. The minimum Gasteiger partial charge on any atom is -0.467 e. The highest BCUT2D eigenvalue weighted by Crippen LogP contribution is 2.22. The van der Waals surface area contributed by atoms with Crippen LogP contribution in [0.3, 0.4) is 0 Å². The summed E-state index contributed by atoms with van der Waals surface area (Å²) in [7, 11) is 1.20. The van der Waals surface area contributed by atoms with E-state index in [9.17, 15) is 14.7 Å². The van der Waals surface area contributed by atoms with Gasteiger partial charge in [0.05, 0.1) is 25.4 Å². The van der Waals surface area contributed by atoms with E-state index in [1.807, 2.05) is 20.8 Å². The van der Waals surface area contributed by atoms with Crippen LogP contribution in [-0.4, -0.2) is 47.9 Å². The lowest BCUT2D eigenvalue weighted by Gasteiger charge is -2.38. The molecule has 0 spiro atoms. The van der Waals surface area contributed by atoms with Gasteiger partial charge in [-0.1, -0.05) is 18.2 Å². The maximum atomic E-state index is 12.4. The summed E-state index contributed by atoms with van der Waals surface area (Å²) in [5.74, 6) is -1.25. The van der Waals surface area contributed by atoms with E-state index in [4.69, 9.17) is 9.47 Å². The van der Waals surface area contributed by atoms with Crippen LogP contribution >= 0.6 is 0 Å². The van der Waals surface area contributed by atoms with Crippen molar-refractivity contribution in [1.82, 2.24) is 5.32 Å². The zero-order valence-corrected chi connectivity index (χ0v) is 14.3. The minimum absolute atomic E-state index is 0.372. The first-order chi connectivity index (χ1) is 10.7. The summed E-state index contributed by atoms with van der Waals surface area (Å²) >= 11 is 0.